The Morgan fingerprint density at radius 2 is 1.87 bits per heavy atom. The Morgan fingerprint density at radius 1 is 1.10 bits per heavy atom. The summed E-state index contributed by atoms with van der Waals surface area (Å²) in [6.07, 6.45) is 1.33. The number of aliphatic hydroxyl groups is 1. The van der Waals surface area contributed by atoms with Crippen LogP contribution in [0.3, 0.4) is 0 Å². The van der Waals surface area contributed by atoms with Gasteiger partial charge in [-0.1, -0.05) is 30.3 Å². The Hall–Kier alpha value is -3.52. The largest absolute Gasteiger partial charge is 0.391 e. The van der Waals surface area contributed by atoms with Crippen molar-refractivity contribution in [1.82, 2.24) is 30.0 Å². The Bertz CT molecular complexity index is 1180. The Labute approximate surface area is 179 Å². The molecule has 1 amide bonds. The van der Waals surface area contributed by atoms with E-state index in [-0.39, 0.29) is 17.9 Å². The van der Waals surface area contributed by atoms with Crippen LogP contribution >= 0.6 is 0 Å². The number of hydrogen-bond acceptors (Lipinski definition) is 5. The van der Waals surface area contributed by atoms with Crippen LogP contribution in [0, 0.1) is 6.92 Å². The molecule has 2 aromatic carbocycles. The maximum Gasteiger partial charge on any atom is 0.251 e. The van der Waals surface area contributed by atoms with Gasteiger partial charge in [-0.25, -0.2) is 9.97 Å². The van der Waals surface area contributed by atoms with Crippen molar-refractivity contribution in [2.75, 3.05) is 0 Å². The molecule has 2 heterocycles. The average Bonchev–Trinajstić information content (AvgIpc) is 3.39. The van der Waals surface area contributed by atoms with Crippen molar-refractivity contribution in [2.24, 2.45) is 0 Å². The molecule has 1 saturated carbocycles. The molecule has 8 nitrogen and oxygen atoms in total. The highest BCUT2D eigenvalue weighted by molar-refractivity contribution is 5.94. The number of aromatic amines is 1. The van der Waals surface area contributed by atoms with Gasteiger partial charge in [0, 0.05) is 11.5 Å². The quantitative estimate of drug-likeness (QED) is 0.474. The van der Waals surface area contributed by atoms with Crippen molar-refractivity contribution >= 4 is 16.9 Å². The molecule has 0 bridgehead atoms. The second-order valence-corrected chi connectivity index (χ2v) is 8.03. The number of imidazole rings is 1. The first-order valence-corrected chi connectivity index (χ1v) is 10.5. The average molecular weight is 416 g/mol. The number of fused-ring (bicyclic) bond motifs is 1. The zero-order valence-corrected chi connectivity index (χ0v) is 17.2. The summed E-state index contributed by atoms with van der Waals surface area (Å²) in [7, 11) is 0. The van der Waals surface area contributed by atoms with Crippen LogP contribution in [0.4, 0.5) is 0 Å². The third kappa shape index (κ3) is 3.82. The topological polar surface area (TPSA) is 109 Å². The van der Waals surface area contributed by atoms with E-state index in [0.29, 0.717) is 30.2 Å². The highest BCUT2D eigenvalue weighted by Crippen LogP contribution is 2.33. The highest BCUT2D eigenvalue weighted by Gasteiger charge is 2.34. The fourth-order valence-electron chi connectivity index (χ4n) is 4.28. The number of carbonyl (C=O) groups is 1. The summed E-state index contributed by atoms with van der Waals surface area (Å²) in [5.41, 5.74) is 2.38. The predicted molar refractivity (Wildman–Crippen MR) is 116 cm³/mol. The molecule has 0 radical (unpaired) electrons. The number of aliphatic hydroxyl groups excluding tert-OH is 1. The lowest BCUT2D eigenvalue weighted by atomic mass is 9.83. The third-order valence-electron chi connectivity index (χ3n) is 5.85. The lowest BCUT2D eigenvalue weighted by Gasteiger charge is -2.33. The first kappa shape index (κ1) is 19.4. The zero-order chi connectivity index (χ0) is 21.4. The summed E-state index contributed by atoms with van der Waals surface area (Å²) in [5, 5.41) is 18.1. The van der Waals surface area contributed by atoms with Crippen molar-refractivity contribution in [3.05, 3.63) is 71.8 Å². The van der Waals surface area contributed by atoms with Crippen molar-refractivity contribution in [3.8, 4) is 5.95 Å². The van der Waals surface area contributed by atoms with Crippen LogP contribution in [-0.2, 0) is 0 Å². The van der Waals surface area contributed by atoms with Gasteiger partial charge in [-0.15, -0.1) is 5.10 Å². The summed E-state index contributed by atoms with van der Waals surface area (Å²) in [4.78, 5) is 25.3. The normalized spacial score (nSPS) is 21.3. The molecule has 0 unspecified atom stereocenters. The Balaban J connectivity index is 1.41. The zero-order valence-electron chi connectivity index (χ0n) is 17.2. The standard InChI is InChI=1S/C23H24N6O2/c1-14-24-21(29(28-14)23-26-17-9-5-6-10-18(17)27-23)16-11-12-20(30)19(13-16)25-22(31)15-7-3-2-4-8-15/h2-10,16,19-20,30H,11-13H2,1H3,(H,25,31)(H,26,27)/t16-,19+,20+/m0/s1. The number of H-pyrrole nitrogens is 1. The molecule has 0 spiro atoms. The summed E-state index contributed by atoms with van der Waals surface area (Å²) in [6.45, 7) is 1.86. The number of hydrogen-bond donors (Lipinski definition) is 3. The predicted octanol–water partition coefficient (Wildman–Crippen LogP) is 2.88. The van der Waals surface area contributed by atoms with E-state index < -0.39 is 6.10 Å². The SMILES string of the molecule is Cc1nc([C@H]2CC[C@@H](O)[C@H](NC(=O)c3ccccc3)C2)n(-c2nc3ccccc3[nH]2)n1. The minimum absolute atomic E-state index is 0.0406. The molecular weight excluding hydrogens is 392 g/mol. The van der Waals surface area contributed by atoms with Crippen molar-refractivity contribution in [3.63, 3.8) is 0 Å². The molecule has 1 aliphatic rings. The van der Waals surface area contributed by atoms with E-state index in [1.54, 1.807) is 16.8 Å². The molecular formula is C23H24N6O2. The van der Waals surface area contributed by atoms with Gasteiger partial charge in [-0.2, -0.15) is 4.68 Å². The third-order valence-corrected chi connectivity index (χ3v) is 5.85. The van der Waals surface area contributed by atoms with E-state index in [0.717, 1.165) is 23.3 Å². The number of aryl methyl sites for hydroxylation is 1. The second-order valence-electron chi connectivity index (χ2n) is 8.03. The summed E-state index contributed by atoms with van der Waals surface area (Å²) in [5.74, 6) is 1.93. The van der Waals surface area contributed by atoms with Gasteiger partial charge in [0.15, 0.2) is 0 Å². The number of amides is 1. The fraction of sp³-hybridized carbons (Fsp3) is 0.304. The molecule has 1 fully saturated rings. The van der Waals surface area contributed by atoms with Gasteiger partial charge in [0.1, 0.15) is 11.6 Å². The number of carbonyl (C=O) groups excluding carboxylic acids is 1. The maximum atomic E-state index is 12.6. The summed E-state index contributed by atoms with van der Waals surface area (Å²) < 4.78 is 1.76. The molecule has 3 N–H and O–H groups in total. The van der Waals surface area contributed by atoms with Crippen LogP contribution in [0.25, 0.3) is 17.0 Å². The number of nitrogens with one attached hydrogen (secondary N) is 2. The van der Waals surface area contributed by atoms with Gasteiger partial charge in [0.05, 0.1) is 23.2 Å². The van der Waals surface area contributed by atoms with Gasteiger partial charge < -0.3 is 15.4 Å². The van der Waals surface area contributed by atoms with Crippen LogP contribution in [-0.4, -0.2) is 47.9 Å². The Morgan fingerprint density at radius 3 is 2.68 bits per heavy atom. The molecule has 0 aliphatic heterocycles. The van der Waals surface area contributed by atoms with Gasteiger partial charge in [-0.3, -0.25) is 4.79 Å². The minimum atomic E-state index is -0.590. The maximum absolute atomic E-state index is 12.6. The summed E-state index contributed by atoms with van der Waals surface area (Å²) in [6, 6.07) is 16.5. The number of para-hydroxylation sites is 2. The lowest BCUT2D eigenvalue weighted by molar-refractivity contribution is 0.0670. The fourth-order valence-corrected chi connectivity index (χ4v) is 4.28. The van der Waals surface area contributed by atoms with E-state index in [9.17, 15) is 9.90 Å². The van der Waals surface area contributed by atoms with Crippen LogP contribution in [0.1, 0.15) is 47.2 Å². The monoisotopic (exact) mass is 416 g/mol. The van der Waals surface area contributed by atoms with Crippen LogP contribution in [0.15, 0.2) is 54.6 Å². The molecule has 1 aliphatic carbocycles. The number of rotatable bonds is 4. The van der Waals surface area contributed by atoms with Crippen molar-refractivity contribution < 1.29 is 9.90 Å². The second kappa shape index (κ2) is 7.96. The molecule has 3 atom stereocenters. The van der Waals surface area contributed by atoms with Gasteiger partial charge in [0.25, 0.3) is 5.91 Å². The molecule has 158 valence electrons. The van der Waals surface area contributed by atoms with Crippen LogP contribution in [0.2, 0.25) is 0 Å². The number of benzene rings is 2. The molecule has 31 heavy (non-hydrogen) atoms. The number of aromatic nitrogens is 5. The molecule has 8 heteroatoms. The lowest BCUT2D eigenvalue weighted by Crippen LogP contribution is -2.47. The Kier molecular flexibility index (Phi) is 4.99. The van der Waals surface area contributed by atoms with Crippen molar-refractivity contribution in [1.29, 1.82) is 0 Å². The van der Waals surface area contributed by atoms with Crippen LogP contribution in [0.5, 0.6) is 0 Å². The van der Waals surface area contributed by atoms with E-state index in [4.69, 9.17) is 0 Å². The first-order chi connectivity index (χ1) is 15.1. The van der Waals surface area contributed by atoms with E-state index in [1.807, 2.05) is 49.4 Å². The van der Waals surface area contributed by atoms with E-state index in [1.165, 1.54) is 0 Å². The van der Waals surface area contributed by atoms with Crippen molar-refractivity contribution in [2.45, 2.75) is 44.2 Å². The van der Waals surface area contributed by atoms with Gasteiger partial charge in [-0.05, 0) is 50.5 Å². The first-order valence-electron chi connectivity index (χ1n) is 10.5. The summed E-state index contributed by atoms with van der Waals surface area (Å²) >= 11 is 0. The molecule has 5 rings (SSSR count). The van der Waals surface area contributed by atoms with Gasteiger partial charge >= 0.3 is 0 Å². The molecule has 0 saturated heterocycles. The van der Waals surface area contributed by atoms with E-state index in [2.05, 4.69) is 25.4 Å². The van der Waals surface area contributed by atoms with E-state index >= 15 is 0 Å². The minimum Gasteiger partial charge on any atom is -0.391 e. The highest BCUT2D eigenvalue weighted by atomic mass is 16.3. The van der Waals surface area contributed by atoms with Gasteiger partial charge in [0.2, 0.25) is 5.95 Å². The van der Waals surface area contributed by atoms with Crippen LogP contribution < -0.4 is 5.32 Å². The number of nitrogens with zero attached hydrogens (tertiary/aromatic N) is 4. The smallest absolute Gasteiger partial charge is 0.251 e. The molecule has 2 aromatic heterocycles. The molecule has 4 aromatic rings.